The number of halogens is 3. The molecule has 0 radical (unpaired) electrons. The fourth-order valence-corrected chi connectivity index (χ4v) is 1.61. The van der Waals surface area contributed by atoms with E-state index in [9.17, 15) is 0 Å². The first kappa shape index (κ1) is 11.4. The van der Waals surface area contributed by atoms with Crippen molar-refractivity contribution in [1.82, 2.24) is 15.0 Å². The lowest BCUT2D eigenvalue weighted by Crippen LogP contribution is -1.99. The third-order valence-electron chi connectivity index (χ3n) is 1.70. The quantitative estimate of drug-likeness (QED) is 0.909. The lowest BCUT2D eigenvalue weighted by molar-refractivity contribution is 1.05. The minimum atomic E-state index is 0. The first-order valence-corrected chi connectivity index (χ1v) is 5.37. The molecule has 1 aromatic carbocycles. The molecule has 82 valence electrons. The van der Waals surface area contributed by atoms with E-state index in [0.29, 0.717) is 10.7 Å². The number of benzene rings is 1. The molecule has 0 spiro atoms. The smallest absolute Gasteiger partial charge is 0.323 e. The van der Waals surface area contributed by atoms with Gasteiger partial charge in [0.25, 0.3) is 0 Å². The van der Waals surface area contributed by atoms with Crippen LogP contribution in [-0.4, -0.2) is 15.0 Å². The van der Waals surface area contributed by atoms with Crippen LogP contribution < -0.4 is 5.32 Å². The third-order valence-corrected chi connectivity index (χ3v) is 2.37. The van der Waals surface area contributed by atoms with Gasteiger partial charge < -0.3 is 5.32 Å². The number of hydrogen-bond acceptors (Lipinski definition) is 4. The average Bonchev–Trinajstić information content (AvgIpc) is 2.20. The highest BCUT2D eigenvalue weighted by molar-refractivity contribution is 6.33. The van der Waals surface area contributed by atoms with Gasteiger partial charge in [0.1, 0.15) is 0 Å². The summed E-state index contributed by atoms with van der Waals surface area (Å²) < 4.78 is 0. The molecule has 2 rings (SSSR count). The van der Waals surface area contributed by atoms with E-state index >= 15 is 0 Å². The molecule has 1 aromatic heterocycles. The molecule has 0 bridgehead atoms. The Morgan fingerprint density at radius 1 is 0.938 bits per heavy atom. The number of nitrogens with zero attached hydrogens (tertiary/aromatic N) is 3. The van der Waals surface area contributed by atoms with Gasteiger partial charge in [-0.25, -0.2) is 0 Å². The summed E-state index contributed by atoms with van der Waals surface area (Å²) in [5.41, 5.74) is 0.669. The van der Waals surface area contributed by atoms with Gasteiger partial charge in [-0.05, 0) is 35.3 Å². The average molecular weight is 277 g/mol. The van der Waals surface area contributed by atoms with E-state index in [4.69, 9.17) is 34.8 Å². The summed E-state index contributed by atoms with van der Waals surface area (Å²) in [5, 5.41) is 3.49. The second-order valence-corrected chi connectivity index (χ2v) is 3.89. The van der Waals surface area contributed by atoms with Crippen LogP contribution in [0.5, 0.6) is 0 Å². The van der Waals surface area contributed by atoms with Crippen molar-refractivity contribution >= 4 is 46.4 Å². The number of hydrogen-bond donors (Lipinski definition) is 1. The van der Waals surface area contributed by atoms with Gasteiger partial charge in [0.2, 0.25) is 16.5 Å². The third kappa shape index (κ3) is 2.72. The predicted octanol–water partition coefficient (Wildman–Crippen LogP) is 3.69. The van der Waals surface area contributed by atoms with E-state index in [1.165, 1.54) is 0 Å². The van der Waals surface area contributed by atoms with Crippen LogP contribution in [0.1, 0.15) is 1.43 Å². The summed E-state index contributed by atoms with van der Waals surface area (Å²) in [5.74, 6) is 0.248. The van der Waals surface area contributed by atoms with Crippen molar-refractivity contribution in [3.05, 3.63) is 39.9 Å². The molecule has 0 aliphatic carbocycles. The Labute approximate surface area is 108 Å². The molecule has 1 N–H and O–H groups in total. The summed E-state index contributed by atoms with van der Waals surface area (Å²) in [6.07, 6.45) is 0. The maximum Gasteiger partial charge on any atom is 1.00 e. The molecule has 4 nitrogen and oxygen atoms in total. The number of rotatable bonds is 2. The minimum absolute atomic E-state index is 0. The van der Waals surface area contributed by atoms with Gasteiger partial charge >= 0.3 is 1.43 Å². The van der Waals surface area contributed by atoms with Crippen LogP contribution in [-0.2, 0) is 0 Å². The number of aromatic nitrogens is 3. The van der Waals surface area contributed by atoms with Gasteiger partial charge in [-0.2, -0.15) is 15.0 Å². The Balaban J connectivity index is 0.00000144. The lowest BCUT2D eigenvalue weighted by atomic mass is 10.3. The zero-order valence-electron chi connectivity index (χ0n) is 8.78. The molecule has 0 unspecified atom stereocenters. The van der Waals surface area contributed by atoms with E-state index in [1.807, 2.05) is 12.1 Å². The first-order chi connectivity index (χ1) is 7.65. The van der Waals surface area contributed by atoms with Gasteiger partial charge in [0, 0.05) is 0 Å². The summed E-state index contributed by atoms with van der Waals surface area (Å²) in [7, 11) is 0. The van der Waals surface area contributed by atoms with Crippen molar-refractivity contribution in [2.24, 2.45) is 0 Å². The van der Waals surface area contributed by atoms with E-state index in [1.54, 1.807) is 12.1 Å². The van der Waals surface area contributed by atoms with E-state index < -0.39 is 0 Å². The zero-order chi connectivity index (χ0) is 11.5. The number of nitrogens with one attached hydrogen (secondary N) is 1. The van der Waals surface area contributed by atoms with Gasteiger partial charge in [-0.1, -0.05) is 23.7 Å². The topological polar surface area (TPSA) is 50.7 Å². The van der Waals surface area contributed by atoms with Gasteiger partial charge in [-0.3, -0.25) is 0 Å². The standard InChI is InChI=1S/C9H5Cl3N4/c10-5-3-1-2-4-6(5)13-9-15-7(11)14-8(12)16-9/h1-4H,(H,13,14,15,16)/p+1. The normalized spacial score (nSPS) is 10.2. The Bertz CT molecular complexity index is 503. The van der Waals surface area contributed by atoms with Crippen LogP contribution in [0.2, 0.25) is 15.6 Å². The maximum atomic E-state index is 5.95. The molecule has 0 amide bonds. The Hall–Kier alpha value is -1.10. The molecule has 0 fully saturated rings. The molecule has 0 aliphatic rings. The fourth-order valence-electron chi connectivity index (χ4n) is 1.06. The second-order valence-electron chi connectivity index (χ2n) is 2.80. The van der Waals surface area contributed by atoms with Crippen LogP contribution in [0.15, 0.2) is 24.3 Å². The monoisotopic (exact) mass is 275 g/mol. The Kier molecular flexibility index (Phi) is 3.43. The van der Waals surface area contributed by atoms with Crippen molar-refractivity contribution in [2.45, 2.75) is 0 Å². The molecule has 0 aliphatic heterocycles. The maximum absolute atomic E-state index is 5.95. The van der Waals surface area contributed by atoms with Crippen LogP contribution in [0, 0.1) is 0 Å². The zero-order valence-corrected chi connectivity index (χ0v) is 10.1. The molecule has 16 heavy (non-hydrogen) atoms. The predicted molar refractivity (Wildman–Crippen MR) is 65.7 cm³/mol. The molecule has 0 saturated carbocycles. The van der Waals surface area contributed by atoms with Crippen molar-refractivity contribution in [3.8, 4) is 0 Å². The summed E-state index contributed by atoms with van der Waals surface area (Å²) in [6, 6.07) is 7.18. The van der Waals surface area contributed by atoms with Crippen molar-refractivity contribution in [1.29, 1.82) is 0 Å². The van der Waals surface area contributed by atoms with E-state index in [0.717, 1.165) is 0 Å². The summed E-state index contributed by atoms with van der Waals surface area (Å²) in [4.78, 5) is 11.4. The molecule has 0 atom stereocenters. The highest BCUT2D eigenvalue weighted by Crippen LogP contribution is 2.23. The molecule has 0 saturated heterocycles. The van der Waals surface area contributed by atoms with E-state index in [-0.39, 0.29) is 17.9 Å². The first-order valence-electron chi connectivity index (χ1n) is 4.24. The van der Waals surface area contributed by atoms with Gasteiger partial charge in [0.15, 0.2) is 0 Å². The summed E-state index contributed by atoms with van der Waals surface area (Å²) in [6.45, 7) is 0. The largest absolute Gasteiger partial charge is 1.00 e. The van der Waals surface area contributed by atoms with Gasteiger partial charge in [-0.15, -0.1) is 0 Å². The fraction of sp³-hybridized carbons (Fsp3) is 0. The van der Waals surface area contributed by atoms with Crippen LogP contribution in [0.3, 0.4) is 0 Å². The van der Waals surface area contributed by atoms with Crippen molar-refractivity contribution < 1.29 is 1.43 Å². The van der Waals surface area contributed by atoms with E-state index in [2.05, 4.69) is 20.3 Å². The molecular weight excluding hydrogens is 270 g/mol. The molecule has 1 heterocycles. The van der Waals surface area contributed by atoms with Gasteiger partial charge in [0.05, 0.1) is 10.7 Å². The van der Waals surface area contributed by atoms with Crippen LogP contribution >= 0.6 is 34.8 Å². The molecule has 7 heteroatoms. The number of anilines is 2. The van der Waals surface area contributed by atoms with Crippen LogP contribution in [0.4, 0.5) is 11.6 Å². The molecular formula is C9H6Cl3N4+. The van der Waals surface area contributed by atoms with Crippen molar-refractivity contribution in [3.63, 3.8) is 0 Å². The van der Waals surface area contributed by atoms with Crippen molar-refractivity contribution in [2.75, 3.05) is 5.32 Å². The lowest BCUT2D eigenvalue weighted by Gasteiger charge is -2.06. The SMILES string of the molecule is Clc1nc(Cl)nc(Nc2ccccc2Cl)n1.[H+]. The second kappa shape index (κ2) is 4.82. The highest BCUT2D eigenvalue weighted by Gasteiger charge is 2.05. The Morgan fingerprint density at radius 2 is 1.56 bits per heavy atom. The van der Waals surface area contributed by atoms with Crippen LogP contribution in [0.25, 0.3) is 0 Å². The highest BCUT2D eigenvalue weighted by atomic mass is 35.5. The minimum Gasteiger partial charge on any atom is -0.323 e. The summed E-state index contributed by atoms with van der Waals surface area (Å²) >= 11 is 17.2. The Morgan fingerprint density at radius 3 is 2.19 bits per heavy atom. The number of para-hydroxylation sites is 1. The molecule has 2 aromatic rings.